The lowest BCUT2D eigenvalue weighted by Gasteiger charge is -2.12. The van der Waals surface area contributed by atoms with Crippen LogP contribution in [0.4, 0.5) is 0 Å². The van der Waals surface area contributed by atoms with Crippen molar-refractivity contribution >= 4 is 16.8 Å². The Kier molecular flexibility index (Phi) is 3.62. The van der Waals surface area contributed by atoms with Crippen molar-refractivity contribution in [2.45, 2.75) is 31.7 Å². The molecular weight excluding hydrogens is 284 g/mol. The number of carbonyl (C=O) groups excluding carboxylic acids is 1. The van der Waals surface area contributed by atoms with E-state index in [4.69, 9.17) is 0 Å². The van der Waals surface area contributed by atoms with Crippen LogP contribution in [0.5, 0.6) is 0 Å². The van der Waals surface area contributed by atoms with Crippen molar-refractivity contribution < 1.29 is 4.79 Å². The van der Waals surface area contributed by atoms with E-state index < -0.39 is 0 Å². The first kappa shape index (κ1) is 14.1. The van der Waals surface area contributed by atoms with Gasteiger partial charge in [0.05, 0.1) is 0 Å². The van der Waals surface area contributed by atoms with Crippen LogP contribution in [0.25, 0.3) is 10.9 Å². The number of carbonyl (C=O) groups is 1. The number of hydrogen-bond acceptors (Lipinski definition) is 1. The second-order valence-corrected chi connectivity index (χ2v) is 6.31. The zero-order valence-corrected chi connectivity index (χ0v) is 13.0. The summed E-state index contributed by atoms with van der Waals surface area (Å²) in [6.07, 6.45) is 4.70. The van der Waals surface area contributed by atoms with E-state index in [0.29, 0.717) is 18.9 Å². The number of aryl methyl sites for hydroxylation is 1. The molecule has 1 atom stereocenters. The second kappa shape index (κ2) is 5.92. The topological polar surface area (TPSA) is 44.9 Å². The molecule has 1 heterocycles. The van der Waals surface area contributed by atoms with Crippen LogP contribution in [-0.4, -0.2) is 10.9 Å². The monoisotopic (exact) mass is 304 g/mol. The van der Waals surface area contributed by atoms with Crippen LogP contribution < -0.4 is 5.32 Å². The van der Waals surface area contributed by atoms with Gasteiger partial charge in [0.2, 0.25) is 5.91 Å². The second-order valence-electron chi connectivity index (χ2n) is 6.31. The van der Waals surface area contributed by atoms with Crippen molar-refractivity contribution in [1.82, 2.24) is 10.3 Å². The fourth-order valence-electron chi connectivity index (χ4n) is 3.57. The van der Waals surface area contributed by atoms with Crippen molar-refractivity contribution in [2.75, 3.05) is 0 Å². The smallest absolute Gasteiger partial charge is 0.220 e. The van der Waals surface area contributed by atoms with Gasteiger partial charge in [-0.2, -0.15) is 0 Å². The van der Waals surface area contributed by atoms with Gasteiger partial charge in [-0.05, 0) is 59.0 Å². The Morgan fingerprint density at radius 2 is 2.09 bits per heavy atom. The van der Waals surface area contributed by atoms with Crippen molar-refractivity contribution in [1.29, 1.82) is 0 Å². The molecule has 0 unspecified atom stereocenters. The molecule has 1 aromatic heterocycles. The van der Waals surface area contributed by atoms with Crippen molar-refractivity contribution in [2.24, 2.45) is 0 Å². The Morgan fingerprint density at radius 3 is 3.04 bits per heavy atom. The van der Waals surface area contributed by atoms with Gasteiger partial charge < -0.3 is 10.3 Å². The average molecular weight is 304 g/mol. The third kappa shape index (κ3) is 2.87. The maximum atomic E-state index is 12.3. The molecular formula is C20H20N2O. The van der Waals surface area contributed by atoms with Gasteiger partial charge in [-0.15, -0.1) is 0 Å². The Hall–Kier alpha value is -2.55. The van der Waals surface area contributed by atoms with Gasteiger partial charge in [-0.3, -0.25) is 4.79 Å². The van der Waals surface area contributed by atoms with E-state index in [9.17, 15) is 4.79 Å². The number of aromatic amines is 1. The lowest BCUT2D eigenvalue weighted by molar-refractivity contribution is -0.121. The zero-order chi connectivity index (χ0) is 15.6. The van der Waals surface area contributed by atoms with Crippen LogP contribution in [0.15, 0.2) is 54.7 Å². The summed E-state index contributed by atoms with van der Waals surface area (Å²) in [6, 6.07) is 16.8. The summed E-state index contributed by atoms with van der Waals surface area (Å²) < 4.78 is 0. The van der Waals surface area contributed by atoms with Crippen molar-refractivity contribution in [3.8, 4) is 0 Å². The Balaban J connectivity index is 1.37. The Morgan fingerprint density at radius 1 is 1.17 bits per heavy atom. The molecule has 2 aromatic carbocycles. The third-order valence-electron chi connectivity index (χ3n) is 4.80. The SMILES string of the molecule is O=C(C[C@H]1CCc2ccccc21)NCc1ccc2[nH]ccc2c1. The van der Waals surface area contributed by atoms with Crippen LogP contribution in [0.1, 0.15) is 35.4 Å². The van der Waals surface area contributed by atoms with E-state index in [1.54, 1.807) is 0 Å². The maximum Gasteiger partial charge on any atom is 0.220 e. The molecule has 3 heteroatoms. The highest BCUT2D eigenvalue weighted by atomic mass is 16.1. The first-order valence-corrected chi connectivity index (χ1v) is 8.20. The molecule has 0 bridgehead atoms. The number of nitrogens with one attached hydrogen (secondary N) is 2. The van der Waals surface area contributed by atoms with Gasteiger partial charge in [0.25, 0.3) is 0 Å². The van der Waals surface area contributed by atoms with Gasteiger partial charge >= 0.3 is 0 Å². The fourth-order valence-corrected chi connectivity index (χ4v) is 3.57. The first-order valence-electron chi connectivity index (χ1n) is 8.20. The summed E-state index contributed by atoms with van der Waals surface area (Å²) in [5.41, 5.74) is 5.03. The number of fused-ring (bicyclic) bond motifs is 2. The summed E-state index contributed by atoms with van der Waals surface area (Å²) in [5, 5.41) is 4.25. The largest absolute Gasteiger partial charge is 0.361 e. The number of rotatable bonds is 4. The highest BCUT2D eigenvalue weighted by molar-refractivity contribution is 5.80. The molecule has 0 aliphatic heterocycles. The minimum absolute atomic E-state index is 0.140. The molecule has 0 radical (unpaired) electrons. The van der Waals surface area contributed by atoms with E-state index in [1.165, 1.54) is 16.5 Å². The molecule has 4 rings (SSSR count). The van der Waals surface area contributed by atoms with Crippen molar-refractivity contribution in [3.63, 3.8) is 0 Å². The third-order valence-corrected chi connectivity index (χ3v) is 4.80. The standard InChI is InChI=1S/C20H20N2O/c23-20(12-16-7-6-15-3-1-2-4-18(15)16)22-13-14-5-8-19-17(11-14)9-10-21-19/h1-5,8-11,16,21H,6-7,12-13H2,(H,22,23)/t16-/m1/s1. The van der Waals surface area contributed by atoms with E-state index in [2.05, 4.69) is 58.8 Å². The average Bonchev–Trinajstić information content (AvgIpc) is 3.20. The number of amides is 1. The maximum absolute atomic E-state index is 12.3. The minimum atomic E-state index is 0.140. The predicted octanol–water partition coefficient (Wildman–Crippen LogP) is 3.90. The molecule has 1 amide bonds. The molecule has 2 N–H and O–H groups in total. The van der Waals surface area contributed by atoms with Crippen LogP contribution in [0.2, 0.25) is 0 Å². The zero-order valence-electron chi connectivity index (χ0n) is 13.0. The summed E-state index contributed by atoms with van der Waals surface area (Å²) in [5.74, 6) is 0.513. The predicted molar refractivity (Wildman–Crippen MR) is 92.3 cm³/mol. The Labute approximate surface area is 135 Å². The van der Waals surface area contributed by atoms with Gasteiger partial charge in [-0.1, -0.05) is 30.3 Å². The summed E-state index contributed by atoms with van der Waals surface area (Å²) in [6.45, 7) is 0.592. The summed E-state index contributed by atoms with van der Waals surface area (Å²) in [7, 11) is 0. The molecule has 116 valence electrons. The lowest BCUT2D eigenvalue weighted by atomic mass is 9.97. The van der Waals surface area contributed by atoms with E-state index in [-0.39, 0.29) is 5.91 Å². The molecule has 3 nitrogen and oxygen atoms in total. The molecule has 0 saturated heterocycles. The van der Waals surface area contributed by atoms with E-state index >= 15 is 0 Å². The highest BCUT2D eigenvalue weighted by Crippen LogP contribution is 2.35. The van der Waals surface area contributed by atoms with E-state index in [0.717, 1.165) is 23.9 Å². The summed E-state index contributed by atoms with van der Waals surface area (Å²) >= 11 is 0. The van der Waals surface area contributed by atoms with Gasteiger partial charge in [-0.25, -0.2) is 0 Å². The van der Waals surface area contributed by atoms with Crippen LogP contribution in [0.3, 0.4) is 0 Å². The van der Waals surface area contributed by atoms with E-state index in [1.807, 2.05) is 6.20 Å². The minimum Gasteiger partial charge on any atom is -0.361 e. The molecule has 1 aliphatic carbocycles. The number of H-pyrrole nitrogens is 1. The molecule has 1 aliphatic rings. The van der Waals surface area contributed by atoms with Gasteiger partial charge in [0.1, 0.15) is 0 Å². The molecule has 0 saturated carbocycles. The fraction of sp³-hybridized carbons (Fsp3) is 0.250. The van der Waals surface area contributed by atoms with Crippen molar-refractivity contribution in [3.05, 3.63) is 71.4 Å². The molecule has 0 spiro atoms. The number of aromatic nitrogens is 1. The van der Waals surface area contributed by atoms with Crippen LogP contribution >= 0.6 is 0 Å². The normalized spacial score (nSPS) is 16.4. The Bertz CT molecular complexity index is 849. The quantitative estimate of drug-likeness (QED) is 0.754. The number of benzene rings is 2. The number of hydrogen-bond donors (Lipinski definition) is 2. The highest BCUT2D eigenvalue weighted by Gasteiger charge is 2.23. The van der Waals surface area contributed by atoms with Crippen LogP contribution in [-0.2, 0) is 17.8 Å². The van der Waals surface area contributed by atoms with Crippen LogP contribution in [0, 0.1) is 0 Å². The summed E-state index contributed by atoms with van der Waals surface area (Å²) in [4.78, 5) is 15.5. The lowest BCUT2D eigenvalue weighted by Crippen LogP contribution is -2.24. The first-order chi connectivity index (χ1) is 11.3. The molecule has 3 aromatic rings. The molecule has 23 heavy (non-hydrogen) atoms. The van der Waals surface area contributed by atoms with Gasteiger partial charge in [0.15, 0.2) is 0 Å². The molecule has 0 fully saturated rings. The van der Waals surface area contributed by atoms with Gasteiger partial charge in [0, 0.05) is 24.7 Å².